The van der Waals surface area contributed by atoms with E-state index in [1.807, 2.05) is 60.7 Å². The van der Waals surface area contributed by atoms with Crippen molar-refractivity contribution in [3.05, 3.63) is 71.8 Å². The molecule has 2 saturated heterocycles. The van der Waals surface area contributed by atoms with Gasteiger partial charge in [-0.25, -0.2) is 4.79 Å². The molecule has 2 aliphatic heterocycles. The van der Waals surface area contributed by atoms with Crippen LogP contribution in [-0.4, -0.2) is 107 Å². The van der Waals surface area contributed by atoms with Crippen LogP contribution in [0.15, 0.2) is 60.7 Å². The maximum absolute atomic E-state index is 13.9. The highest BCUT2D eigenvalue weighted by Crippen LogP contribution is 2.43. The Morgan fingerprint density at radius 1 is 0.833 bits per heavy atom. The smallest absolute Gasteiger partial charge is 0.328 e. The molecule has 8 nitrogen and oxygen atoms in total. The molecule has 4 rings (SSSR count). The number of likely N-dealkylation sites (N-methyl/N-ethyl adjacent to an activating group) is 1. The Kier molecular flexibility index (Phi) is 11.2. The molecule has 2 heterocycles. The van der Waals surface area contributed by atoms with Gasteiger partial charge in [-0.05, 0) is 18.1 Å². The molecule has 0 aliphatic carbocycles. The molecule has 2 aromatic rings. The Hall–Kier alpha value is -2.20. The van der Waals surface area contributed by atoms with Gasteiger partial charge in [0.15, 0.2) is 5.54 Å². The van der Waals surface area contributed by atoms with E-state index in [1.165, 1.54) is 4.90 Å². The van der Waals surface area contributed by atoms with Crippen molar-refractivity contribution in [3.63, 3.8) is 0 Å². The zero-order chi connectivity index (χ0) is 24.1. The van der Waals surface area contributed by atoms with E-state index in [9.17, 15) is 14.7 Å². The molecule has 2 aromatic carbocycles. The summed E-state index contributed by atoms with van der Waals surface area (Å²) < 4.78 is 0. The molecule has 10 heteroatoms. The SMILES string of the molecule is CCN1C(=O)N(CC(O)CN2CCN(CCO)CC2)C(c2ccccc2)(c2ccccc2)C1=O.Cl.Cl. The van der Waals surface area contributed by atoms with Crippen molar-refractivity contribution in [2.24, 2.45) is 0 Å². The Labute approximate surface area is 225 Å². The summed E-state index contributed by atoms with van der Waals surface area (Å²) in [7, 11) is 0. The second-order valence-electron chi connectivity index (χ2n) is 8.90. The third-order valence-electron chi connectivity index (χ3n) is 6.86. The highest BCUT2D eigenvalue weighted by Gasteiger charge is 2.59. The van der Waals surface area contributed by atoms with Gasteiger partial charge in [0.05, 0.1) is 19.3 Å². The lowest BCUT2D eigenvalue weighted by Gasteiger charge is -2.39. The van der Waals surface area contributed by atoms with Gasteiger partial charge in [-0.3, -0.25) is 24.4 Å². The van der Waals surface area contributed by atoms with Crippen LogP contribution in [0.3, 0.4) is 0 Å². The number of amides is 3. The molecule has 0 bridgehead atoms. The summed E-state index contributed by atoms with van der Waals surface area (Å²) in [6.07, 6.45) is -0.815. The first-order chi connectivity index (χ1) is 16.5. The van der Waals surface area contributed by atoms with E-state index in [4.69, 9.17) is 5.11 Å². The molecule has 2 fully saturated rings. The minimum absolute atomic E-state index is 0. The van der Waals surface area contributed by atoms with E-state index < -0.39 is 11.6 Å². The van der Waals surface area contributed by atoms with Gasteiger partial charge >= 0.3 is 6.03 Å². The van der Waals surface area contributed by atoms with Crippen LogP contribution in [0.5, 0.6) is 0 Å². The van der Waals surface area contributed by atoms with Crippen LogP contribution in [0.4, 0.5) is 4.79 Å². The van der Waals surface area contributed by atoms with Gasteiger partial charge in [-0.1, -0.05) is 60.7 Å². The molecule has 3 amide bonds. The highest BCUT2D eigenvalue weighted by atomic mass is 35.5. The molecule has 1 unspecified atom stereocenters. The predicted molar refractivity (Wildman–Crippen MR) is 144 cm³/mol. The predicted octanol–water partition coefficient (Wildman–Crippen LogP) is 2.03. The first-order valence-corrected chi connectivity index (χ1v) is 12.0. The number of hydrogen-bond acceptors (Lipinski definition) is 6. The minimum atomic E-state index is -1.32. The molecular formula is C26H36Cl2N4O4. The fourth-order valence-corrected chi connectivity index (χ4v) is 5.17. The van der Waals surface area contributed by atoms with E-state index >= 15 is 0 Å². The van der Waals surface area contributed by atoms with Crippen molar-refractivity contribution in [1.82, 2.24) is 19.6 Å². The van der Waals surface area contributed by atoms with Crippen LogP contribution < -0.4 is 0 Å². The summed E-state index contributed by atoms with van der Waals surface area (Å²) in [5, 5.41) is 20.3. The van der Waals surface area contributed by atoms with Gasteiger partial charge in [-0.2, -0.15) is 0 Å². The number of benzene rings is 2. The van der Waals surface area contributed by atoms with Crippen molar-refractivity contribution in [2.75, 3.05) is 59.0 Å². The molecule has 2 aliphatic rings. The zero-order valence-electron chi connectivity index (χ0n) is 20.5. The minimum Gasteiger partial charge on any atom is -0.395 e. The topological polar surface area (TPSA) is 87.6 Å². The zero-order valence-corrected chi connectivity index (χ0v) is 22.2. The van der Waals surface area contributed by atoms with Crippen molar-refractivity contribution in [3.8, 4) is 0 Å². The number of carbonyl (C=O) groups is 2. The van der Waals surface area contributed by atoms with E-state index in [2.05, 4.69) is 9.80 Å². The van der Waals surface area contributed by atoms with Gasteiger partial charge in [0.25, 0.3) is 5.91 Å². The Morgan fingerprint density at radius 2 is 1.33 bits per heavy atom. The van der Waals surface area contributed by atoms with Crippen LogP contribution in [0.1, 0.15) is 18.1 Å². The average molecular weight is 540 g/mol. The molecular weight excluding hydrogens is 503 g/mol. The number of aliphatic hydroxyl groups is 2. The summed E-state index contributed by atoms with van der Waals surface area (Å²) >= 11 is 0. The van der Waals surface area contributed by atoms with Crippen LogP contribution in [0, 0.1) is 0 Å². The van der Waals surface area contributed by atoms with Gasteiger partial charge in [0.1, 0.15) is 0 Å². The Morgan fingerprint density at radius 3 is 1.81 bits per heavy atom. The fourth-order valence-electron chi connectivity index (χ4n) is 5.17. The molecule has 198 valence electrons. The Bertz CT molecular complexity index is 935. The summed E-state index contributed by atoms with van der Waals surface area (Å²) in [6, 6.07) is 18.3. The summed E-state index contributed by atoms with van der Waals surface area (Å²) in [6.45, 7) is 6.54. The van der Waals surface area contributed by atoms with Crippen LogP contribution >= 0.6 is 24.8 Å². The number of hydrogen-bond donors (Lipinski definition) is 2. The van der Waals surface area contributed by atoms with Gasteiger partial charge < -0.3 is 10.2 Å². The molecule has 0 spiro atoms. The van der Waals surface area contributed by atoms with Crippen molar-refractivity contribution in [2.45, 2.75) is 18.6 Å². The lowest BCUT2D eigenvalue weighted by Crippen LogP contribution is -2.54. The summed E-state index contributed by atoms with van der Waals surface area (Å²) in [5.41, 5.74) is 0.0943. The maximum atomic E-state index is 13.9. The number of nitrogens with zero attached hydrogens (tertiary/aromatic N) is 4. The van der Waals surface area contributed by atoms with Crippen molar-refractivity contribution in [1.29, 1.82) is 0 Å². The fraction of sp³-hybridized carbons (Fsp3) is 0.462. The van der Waals surface area contributed by atoms with Crippen molar-refractivity contribution < 1.29 is 19.8 Å². The summed E-state index contributed by atoms with van der Waals surface area (Å²) in [5.74, 6) is -0.290. The van der Waals surface area contributed by atoms with E-state index in [-0.39, 0.29) is 56.4 Å². The van der Waals surface area contributed by atoms with Crippen LogP contribution in [0.2, 0.25) is 0 Å². The number of urea groups is 1. The second kappa shape index (κ2) is 13.4. The standard InChI is InChI=1S/C26H34N4O4.2ClH/c1-2-29-24(33)26(21-9-5-3-6-10-21,22-11-7-4-8-12-22)30(25(29)34)20-23(32)19-28-15-13-27(14-16-28)17-18-31;;/h3-12,23,31-32H,2,13-20H2,1H3;2*1H. The second-order valence-corrected chi connectivity index (χ2v) is 8.90. The Balaban J connectivity index is 0.00000228. The lowest BCUT2D eigenvalue weighted by molar-refractivity contribution is -0.132. The van der Waals surface area contributed by atoms with E-state index in [0.717, 1.165) is 26.2 Å². The largest absolute Gasteiger partial charge is 0.395 e. The maximum Gasteiger partial charge on any atom is 0.328 e. The number of rotatable bonds is 9. The number of imide groups is 1. The van der Waals surface area contributed by atoms with Crippen molar-refractivity contribution >= 4 is 36.8 Å². The average Bonchev–Trinajstić information content (AvgIpc) is 3.07. The first kappa shape index (κ1) is 30.0. The van der Waals surface area contributed by atoms with Gasteiger partial charge in [0, 0.05) is 45.8 Å². The molecule has 0 radical (unpaired) electrons. The van der Waals surface area contributed by atoms with Gasteiger partial charge in [-0.15, -0.1) is 24.8 Å². The highest BCUT2D eigenvalue weighted by molar-refractivity contribution is 6.09. The third-order valence-corrected chi connectivity index (χ3v) is 6.86. The van der Waals surface area contributed by atoms with E-state index in [1.54, 1.807) is 11.8 Å². The molecule has 2 N–H and O–H groups in total. The number of piperazine rings is 1. The van der Waals surface area contributed by atoms with Crippen LogP contribution in [-0.2, 0) is 10.3 Å². The molecule has 36 heavy (non-hydrogen) atoms. The van der Waals surface area contributed by atoms with Crippen LogP contribution in [0.25, 0.3) is 0 Å². The number of aliphatic hydroxyl groups excluding tert-OH is 2. The molecule has 1 atom stereocenters. The van der Waals surface area contributed by atoms with E-state index in [0.29, 0.717) is 24.2 Å². The lowest BCUT2D eigenvalue weighted by atomic mass is 9.81. The monoisotopic (exact) mass is 538 g/mol. The normalized spacial score (nSPS) is 19.1. The summed E-state index contributed by atoms with van der Waals surface area (Å²) in [4.78, 5) is 34.6. The number of halogens is 2. The van der Waals surface area contributed by atoms with Gasteiger partial charge in [0.2, 0.25) is 0 Å². The number of carbonyl (C=O) groups excluding carboxylic acids is 2. The molecule has 0 saturated carbocycles. The quantitative estimate of drug-likeness (QED) is 0.475. The first-order valence-electron chi connectivity index (χ1n) is 12.0. The number of β-amino-alcohol motifs (C(OH)–C–C–N with tert-alkyl or cyclic N) is 2. The third kappa shape index (κ3) is 5.69. The molecule has 0 aromatic heterocycles.